The number of pyridine rings is 1. The molecule has 3 rings (SSSR count). The Hall–Kier alpha value is -2.07. The van der Waals surface area contributed by atoms with E-state index < -0.39 is 0 Å². The van der Waals surface area contributed by atoms with E-state index in [9.17, 15) is 0 Å². The number of rotatable bonds is 3. The van der Waals surface area contributed by atoms with Gasteiger partial charge in [0.25, 0.3) is 0 Å². The van der Waals surface area contributed by atoms with Gasteiger partial charge in [0.2, 0.25) is 0 Å². The summed E-state index contributed by atoms with van der Waals surface area (Å²) in [5.74, 6) is 0.825. The minimum Gasteiger partial charge on any atom is -0.497 e. The Bertz CT molecular complexity index is 802. The Labute approximate surface area is 132 Å². The summed E-state index contributed by atoms with van der Waals surface area (Å²) in [4.78, 5) is 4.39. The van der Waals surface area contributed by atoms with E-state index in [4.69, 9.17) is 4.74 Å². The minimum absolute atomic E-state index is 0.825. The Kier molecular flexibility index (Phi) is 3.80. The van der Waals surface area contributed by atoms with Gasteiger partial charge in [0, 0.05) is 27.4 Å². The number of methoxy groups -OCH3 is 1. The zero-order valence-corrected chi connectivity index (χ0v) is 13.4. The number of halogens is 1. The van der Waals surface area contributed by atoms with Crippen molar-refractivity contribution in [3.05, 3.63) is 58.7 Å². The van der Waals surface area contributed by atoms with E-state index in [2.05, 4.69) is 45.3 Å². The molecule has 0 radical (unpaired) electrons. The molecule has 1 heterocycles. The van der Waals surface area contributed by atoms with Crippen LogP contribution in [0.3, 0.4) is 0 Å². The van der Waals surface area contributed by atoms with Crippen molar-refractivity contribution in [3.63, 3.8) is 0 Å². The summed E-state index contributed by atoms with van der Waals surface area (Å²) in [7, 11) is 1.67. The summed E-state index contributed by atoms with van der Waals surface area (Å²) < 4.78 is 6.38. The molecular formula is C17H15BrN2O. The summed E-state index contributed by atoms with van der Waals surface area (Å²) in [5, 5.41) is 4.52. The number of fused-ring (bicyclic) bond motifs is 1. The monoisotopic (exact) mass is 342 g/mol. The van der Waals surface area contributed by atoms with Gasteiger partial charge in [0.1, 0.15) is 5.75 Å². The maximum Gasteiger partial charge on any atom is 0.119 e. The number of benzene rings is 2. The van der Waals surface area contributed by atoms with Crippen LogP contribution in [0.2, 0.25) is 0 Å². The first-order valence-corrected chi connectivity index (χ1v) is 7.42. The van der Waals surface area contributed by atoms with Crippen molar-refractivity contribution in [3.8, 4) is 5.75 Å². The lowest BCUT2D eigenvalue weighted by molar-refractivity contribution is 0.415. The zero-order valence-electron chi connectivity index (χ0n) is 11.9. The molecule has 106 valence electrons. The van der Waals surface area contributed by atoms with Gasteiger partial charge in [-0.2, -0.15) is 0 Å². The molecule has 0 aliphatic rings. The first-order chi connectivity index (χ1) is 10.2. The number of aromatic nitrogens is 1. The van der Waals surface area contributed by atoms with Gasteiger partial charge in [0.15, 0.2) is 0 Å². The molecule has 2 aromatic carbocycles. The van der Waals surface area contributed by atoms with Crippen molar-refractivity contribution in [1.29, 1.82) is 0 Å². The Morgan fingerprint density at radius 3 is 2.67 bits per heavy atom. The van der Waals surface area contributed by atoms with E-state index in [1.807, 2.05) is 36.5 Å². The zero-order chi connectivity index (χ0) is 14.8. The van der Waals surface area contributed by atoms with Crippen LogP contribution in [0.1, 0.15) is 5.56 Å². The van der Waals surface area contributed by atoms with Crippen LogP contribution < -0.4 is 10.1 Å². The molecule has 0 saturated heterocycles. The van der Waals surface area contributed by atoms with Gasteiger partial charge in [-0.25, -0.2) is 0 Å². The first-order valence-electron chi connectivity index (χ1n) is 6.63. The molecule has 3 aromatic rings. The Balaban J connectivity index is 2.07. The highest BCUT2D eigenvalue weighted by molar-refractivity contribution is 9.10. The van der Waals surface area contributed by atoms with Gasteiger partial charge >= 0.3 is 0 Å². The quantitative estimate of drug-likeness (QED) is 0.722. The topological polar surface area (TPSA) is 34.1 Å². The van der Waals surface area contributed by atoms with Crippen molar-refractivity contribution >= 4 is 38.2 Å². The largest absolute Gasteiger partial charge is 0.497 e. The third kappa shape index (κ3) is 2.85. The van der Waals surface area contributed by atoms with Crippen molar-refractivity contribution in [1.82, 2.24) is 4.98 Å². The molecule has 1 N–H and O–H groups in total. The second kappa shape index (κ2) is 5.74. The molecule has 3 nitrogen and oxygen atoms in total. The molecule has 0 atom stereocenters. The second-order valence-corrected chi connectivity index (χ2v) is 5.74. The van der Waals surface area contributed by atoms with Crippen LogP contribution >= 0.6 is 15.9 Å². The van der Waals surface area contributed by atoms with E-state index in [1.165, 1.54) is 5.56 Å². The SMILES string of the molecule is COc1ccc2nccc(Nc3ccc(Br)cc3C)c2c1. The molecule has 0 aliphatic heterocycles. The average molecular weight is 343 g/mol. The third-order valence-corrected chi connectivity index (χ3v) is 3.90. The molecule has 0 bridgehead atoms. The number of nitrogens with one attached hydrogen (secondary N) is 1. The van der Waals surface area contributed by atoms with E-state index in [0.29, 0.717) is 0 Å². The molecule has 1 aromatic heterocycles. The summed E-state index contributed by atoms with van der Waals surface area (Å²) in [6.45, 7) is 2.08. The fourth-order valence-electron chi connectivity index (χ4n) is 2.27. The van der Waals surface area contributed by atoms with Crippen LogP contribution in [0.4, 0.5) is 11.4 Å². The van der Waals surface area contributed by atoms with Gasteiger partial charge in [-0.3, -0.25) is 4.98 Å². The van der Waals surface area contributed by atoms with Crippen LogP contribution in [0, 0.1) is 6.92 Å². The van der Waals surface area contributed by atoms with Gasteiger partial charge < -0.3 is 10.1 Å². The predicted molar refractivity (Wildman–Crippen MR) is 90.5 cm³/mol. The number of hydrogen-bond donors (Lipinski definition) is 1. The van der Waals surface area contributed by atoms with Gasteiger partial charge in [0.05, 0.1) is 12.6 Å². The third-order valence-electron chi connectivity index (χ3n) is 3.41. The number of anilines is 2. The fourth-order valence-corrected chi connectivity index (χ4v) is 2.75. The smallest absolute Gasteiger partial charge is 0.119 e. The van der Waals surface area contributed by atoms with Crippen molar-refractivity contribution in [2.24, 2.45) is 0 Å². The number of hydrogen-bond acceptors (Lipinski definition) is 3. The lowest BCUT2D eigenvalue weighted by atomic mass is 10.1. The predicted octanol–water partition coefficient (Wildman–Crippen LogP) is 5.06. The maximum absolute atomic E-state index is 5.31. The first kappa shape index (κ1) is 13.9. The highest BCUT2D eigenvalue weighted by Crippen LogP contribution is 2.30. The van der Waals surface area contributed by atoms with Crippen LogP contribution in [0.25, 0.3) is 10.9 Å². The highest BCUT2D eigenvalue weighted by Gasteiger charge is 2.06. The van der Waals surface area contributed by atoms with Crippen LogP contribution in [-0.4, -0.2) is 12.1 Å². The summed E-state index contributed by atoms with van der Waals surface area (Å²) in [5.41, 5.74) is 4.21. The molecule has 0 amide bonds. The summed E-state index contributed by atoms with van der Waals surface area (Å²) in [6, 6.07) is 14.0. The average Bonchev–Trinajstić information content (AvgIpc) is 2.50. The molecular weight excluding hydrogens is 328 g/mol. The maximum atomic E-state index is 5.31. The number of aryl methyl sites for hydroxylation is 1. The minimum atomic E-state index is 0.825. The Morgan fingerprint density at radius 1 is 1.05 bits per heavy atom. The van der Waals surface area contributed by atoms with E-state index in [0.717, 1.165) is 32.5 Å². The molecule has 0 aliphatic carbocycles. The van der Waals surface area contributed by atoms with Crippen LogP contribution in [-0.2, 0) is 0 Å². The standard InChI is InChI=1S/C17H15BrN2O/c1-11-9-12(18)3-5-15(11)20-17-7-8-19-16-6-4-13(21-2)10-14(16)17/h3-10H,1-2H3,(H,19,20). The molecule has 0 fully saturated rings. The lowest BCUT2D eigenvalue weighted by Crippen LogP contribution is -1.95. The van der Waals surface area contributed by atoms with Crippen molar-refractivity contribution in [2.75, 3.05) is 12.4 Å². The lowest BCUT2D eigenvalue weighted by Gasteiger charge is -2.12. The van der Waals surface area contributed by atoms with E-state index in [-0.39, 0.29) is 0 Å². The van der Waals surface area contributed by atoms with Crippen LogP contribution in [0.5, 0.6) is 5.75 Å². The molecule has 21 heavy (non-hydrogen) atoms. The highest BCUT2D eigenvalue weighted by atomic mass is 79.9. The summed E-state index contributed by atoms with van der Waals surface area (Å²) in [6.07, 6.45) is 1.81. The van der Waals surface area contributed by atoms with Gasteiger partial charge in [-0.15, -0.1) is 0 Å². The van der Waals surface area contributed by atoms with Gasteiger partial charge in [-0.05, 0) is 55.0 Å². The van der Waals surface area contributed by atoms with Crippen LogP contribution in [0.15, 0.2) is 53.1 Å². The summed E-state index contributed by atoms with van der Waals surface area (Å²) >= 11 is 3.49. The van der Waals surface area contributed by atoms with Crippen molar-refractivity contribution < 1.29 is 4.74 Å². The molecule has 0 spiro atoms. The normalized spacial score (nSPS) is 10.6. The second-order valence-electron chi connectivity index (χ2n) is 4.83. The fraction of sp³-hybridized carbons (Fsp3) is 0.118. The molecule has 0 unspecified atom stereocenters. The van der Waals surface area contributed by atoms with E-state index >= 15 is 0 Å². The molecule has 0 saturated carbocycles. The number of ether oxygens (including phenoxy) is 1. The van der Waals surface area contributed by atoms with Gasteiger partial charge in [-0.1, -0.05) is 15.9 Å². The molecule has 4 heteroatoms. The Morgan fingerprint density at radius 2 is 1.90 bits per heavy atom. The van der Waals surface area contributed by atoms with Crippen molar-refractivity contribution in [2.45, 2.75) is 6.92 Å². The van der Waals surface area contributed by atoms with E-state index in [1.54, 1.807) is 7.11 Å². The number of nitrogens with zero attached hydrogens (tertiary/aromatic N) is 1.